The van der Waals surface area contributed by atoms with Crippen LogP contribution >= 0.6 is 0 Å². The van der Waals surface area contributed by atoms with Crippen molar-refractivity contribution < 1.29 is 0 Å². The molecule has 94 valence electrons. The Balaban J connectivity index is 1.80. The Morgan fingerprint density at radius 3 is 2.31 bits per heavy atom. The van der Waals surface area contributed by atoms with Crippen LogP contribution in [-0.4, -0.2) is 37.1 Å². The minimum Gasteiger partial charge on any atom is -0.313 e. The second-order valence-electron chi connectivity index (χ2n) is 5.73. The molecule has 1 unspecified atom stereocenters. The normalized spacial score (nSPS) is 24.9. The van der Waals surface area contributed by atoms with Gasteiger partial charge in [0.2, 0.25) is 0 Å². The summed E-state index contributed by atoms with van der Waals surface area (Å²) in [6, 6.07) is 1.64. The van der Waals surface area contributed by atoms with Gasteiger partial charge in [0.15, 0.2) is 0 Å². The Hall–Kier alpha value is -0.0800. The number of nitrogens with one attached hydrogen (secondary N) is 1. The van der Waals surface area contributed by atoms with E-state index in [1.54, 1.807) is 0 Å². The predicted octanol–water partition coefficient (Wildman–Crippen LogP) is 2.64. The smallest absolute Gasteiger partial charge is 0.0223 e. The van der Waals surface area contributed by atoms with Crippen LogP contribution in [0.15, 0.2) is 0 Å². The SMILES string of the molecule is CCNC(CN(C)C1CCC1)C1CCCC1. The molecule has 0 aliphatic heterocycles. The van der Waals surface area contributed by atoms with E-state index in [1.165, 1.54) is 51.5 Å². The van der Waals surface area contributed by atoms with Crippen molar-refractivity contribution >= 4 is 0 Å². The molecule has 0 amide bonds. The minimum atomic E-state index is 0.748. The van der Waals surface area contributed by atoms with E-state index in [9.17, 15) is 0 Å². The van der Waals surface area contributed by atoms with Gasteiger partial charge in [-0.1, -0.05) is 26.2 Å². The molecule has 0 heterocycles. The van der Waals surface area contributed by atoms with Crippen LogP contribution in [0.3, 0.4) is 0 Å². The summed E-state index contributed by atoms with van der Waals surface area (Å²) < 4.78 is 0. The van der Waals surface area contributed by atoms with Crippen LogP contribution in [0.4, 0.5) is 0 Å². The maximum Gasteiger partial charge on any atom is 0.0223 e. The quantitative estimate of drug-likeness (QED) is 0.746. The molecular weight excluding hydrogens is 196 g/mol. The molecule has 2 heteroatoms. The predicted molar refractivity (Wildman–Crippen MR) is 69.7 cm³/mol. The maximum absolute atomic E-state index is 3.72. The second-order valence-corrected chi connectivity index (χ2v) is 5.73. The van der Waals surface area contributed by atoms with Crippen molar-refractivity contribution in [1.29, 1.82) is 0 Å². The fourth-order valence-electron chi connectivity index (χ4n) is 3.29. The molecule has 2 aliphatic carbocycles. The summed E-state index contributed by atoms with van der Waals surface area (Å²) in [5.74, 6) is 0.947. The van der Waals surface area contributed by atoms with E-state index < -0.39 is 0 Å². The Labute approximate surface area is 101 Å². The van der Waals surface area contributed by atoms with Gasteiger partial charge in [-0.2, -0.15) is 0 Å². The highest BCUT2D eigenvalue weighted by Crippen LogP contribution is 2.30. The zero-order valence-electron chi connectivity index (χ0n) is 11.0. The van der Waals surface area contributed by atoms with Crippen molar-refractivity contribution in [2.75, 3.05) is 20.1 Å². The van der Waals surface area contributed by atoms with Crippen LogP contribution in [0, 0.1) is 5.92 Å². The molecule has 0 aromatic carbocycles. The summed E-state index contributed by atoms with van der Waals surface area (Å²) in [5.41, 5.74) is 0. The van der Waals surface area contributed by atoms with Gasteiger partial charge in [-0.05, 0) is 45.2 Å². The molecule has 1 atom stereocenters. The lowest BCUT2D eigenvalue weighted by Crippen LogP contribution is -2.48. The molecule has 2 aliphatic rings. The first-order chi connectivity index (χ1) is 7.81. The second kappa shape index (κ2) is 6.02. The zero-order valence-corrected chi connectivity index (χ0v) is 11.0. The first-order valence-electron chi connectivity index (χ1n) is 7.25. The van der Waals surface area contributed by atoms with Crippen molar-refractivity contribution in [2.45, 2.75) is 64.0 Å². The van der Waals surface area contributed by atoms with E-state index in [-0.39, 0.29) is 0 Å². The van der Waals surface area contributed by atoms with Gasteiger partial charge in [0.05, 0.1) is 0 Å². The third kappa shape index (κ3) is 2.98. The Morgan fingerprint density at radius 2 is 1.81 bits per heavy atom. The third-order valence-corrected chi connectivity index (χ3v) is 4.62. The molecule has 2 nitrogen and oxygen atoms in total. The zero-order chi connectivity index (χ0) is 11.4. The molecule has 0 spiro atoms. The molecular formula is C14H28N2. The number of hydrogen-bond acceptors (Lipinski definition) is 2. The number of nitrogens with zero attached hydrogens (tertiary/aromatic N) is 1. The van der Waals surface area contributed by atoms with Crippen molar-refractivity contribution in [3.05, 3.63) is 0 Å². The van der Waals surface area contributed by atoms with E-state index >= 15 is 0 Å². The topological polar surface area (TPSA) is 15.3 Å². The van der Waals surface area contributed by atoms with Gasteiger partial charge in [-0.25, -0.2) is 0 Å². The van der Waals surface area contributed by atoms with E-state index in [0.29, 0.717) is 0 Å². The monoisotopic (exact) mass is 224 g/mol. The lowest BCUT2D eigenvalue weighted by Gasteiger charge is -2.38. The molecule has 0 saturated heterocycles. The first kappa shape index (κ1) is 12.4. The molecule has 2 fully saturated rings. The highest BCUT2D eigenvalue weighted by atomic mass is 15.2. The van der Waals surface area contributed by atoms with Gasteiger partial charge < -0.3 is 10.2 Å². The molecule has 0 aromatic rings. The lowest BCUT2D eigenvalue weighted by atomic mass is 9.90. The van der Waals surface area contributed by atoms with Crippen molar-refractivity contribution in [3.63, 3.8) is 0 Å². The van der Waals surface area contributed by atoms with Gasteiger partial charge in [0.25, 0.3) is 0 Å². The summed E-state index contributed by atoms with van der Waals surface area (Å²) in [4.78, 5) is 2.61. The molecule has 1 N–H and O–H groups in total. The van der Waals surface area contributed by atoms with Gasteiger partial charge in [-0.15, -0.1) is 0 Å². The Kier molecular flexibility index (Phi) is 4.66. The summed E-state index contributed by atoms with van der Waals surface area (Å²) in [5, 5.41) is 3.72. The molecule has 0 aromatic heterocycles. The summed E-state index contributed by atoms with van der Waals surface area (Å²) >= 11 is 0. The highest BCUT2D eigenvalue weighted by molar-refractivity contribution is 4.86. The van der Waals surface area contributed by atoms with Crippen molar-refractivity contribution in [2.24, 2.45) is 5.92 Å². The van der Waals surface area contributed by atoms with Crippen LogP contribution in [0.5, 0.6) is 0 Å². The molecule has 16 heavy (non-hydrogen) atoms. The van der Waals surface area contributed by atoms with Gasteiger partial charge in [0.1, 0.15) is 0 Å². The van der Waals surface area contributed by atoms with E-state index in [1.807, 2.05) is 0 Å². The Bertz CT molecular complexity index is 195. The molecule has 2 rings (SSSR count). The average Bonchev–Trinajstić information content (AvgIpc) is 2.66. The average molecular weight is 224 g/mol. The van der Waals surface area contributed by atoms with Crippen LogP contribution in [-0.2, 0) is 0 Å². The maximum atomic E-state index is 3.72. The molecule has 0 bridgehead atoms. The van der Waals surface area contributed by atoms with Gasteiger partial charge in [-0.3, -0.25) is 0 Å². The summed E-state index contributed by atoms with van der Waals surface area (Å²) in [6.07, 6.45) is 10.1. The highest BCUT2D eigenvalue weighted by Gasteiger charge is 2.28. The fraction of sp³-hybridized carbons (Fsp3) is 1.00. The molecule has 2 saturated carbocycles. The first-order valence-corrected chi connectivity index (χ1v) is 7.25. The largest absolute Gasteiger partial charge is 0.313 e. The standard InChI is InChI=1S/C14H28N2/c1-3-15-14(12-7-4-5-8-12)11-16(2)13-9-6-10-13/h12-15H,3-11H2,1-2H3. The number of hydrogen-bond donors (Lipinski definition) is 1. The van der Waals surface area contributed by atoms with Crippen LogP contribution in [0.2, 0.25) is 0 Å². The number of rotatable bonds is 6. The van der Waals surface area contributed by atoms with Crippen LogP contribution < -0.4 is 5.32 Å². The van der Waals surface area contributed by atoms with Crippen molar-refractivity contribution in [3.8, 4) is 0 Å². The summed E-state index contributed by atoms with van der Waals surface area (Å²) in [7, 11) is 2.32. The minimum absolute atomic E-state index is 0.748. The van der Waals surface area contributed by atoms with Gasteiger partial charge >= 0.3 is 0 Å². The van der Waals surface area contributed by atoms with Crippen LogP contribution in [0.1, 0.15) is 51.9 Å². The lowest BCUT2D eigenvalue weighted by molar-refractivity contribution is 0.132. The van der Waals surface area contributed by atoms with E-state index in [0.717, 1.165) is 24.5 Å². The van der Waals surface area contributed by atoms with E-state index in [2.05, 4.69) is 24.2 Å². The van der Waals surface area contributed by atoms with Gasteiger partial charge in [0, 0.05) is 18.6 Å². The van der Waals surface area contributed by atoms with Crippen molar-refractivity contribution in [1.82, 2.24) is 10.2 Å². The summed E-state index contributed by atoms with van der Waals surface area (Å²) in [6.45, 7) is 4.63. The Morgan fingerprint density at radius 1 is 1.12 bits per heavy atom. The number of likely N-dealkylation sites (N-methyl/N-ethyl adjacent to an activating group) is 2. The van der Waals surface area contributed by atoms with Crippen LogP contribution in [0.25, 0.3) is 0 Å². The van der Waals surface area contributed by atoms with E-state index in [4.69, 9.17) is 0 Å². The molecule has 0 radical (unpaired) electrons. The fourth-order valence-corrected chi connectivity index (χ4v) is 3.29. The third-order valence-electron chi connectivity index (χ3n) is 4.62.